The molecule has 0 radical (unpaired) electrons. The second-order valence-corrected chi connectivity index (χ2v) is 11.7. The molecule has 2 amide bonds. The van der Waals surface area contributed by atoms with Crippen LogP contribution in [0, 0.1) is 5.92 Å². The molecule has 218 valence electrons. The molecule has 0 unspecified atom stereocenters. The van der Waals surface area contributed by atoms with Crippen molar-refractivity contribution in [1.82, 2.24) is 9.80 Å². The molecule has 3 atom stereocenters. The van der Waals surface area contributed by atoms with Gasteiger partial charge in [0.15, 0.2) is 0 Å². The molecular formula is C32H37Cl2N3O4. The summed E-state index contributed by atoms with van der Waals surface area (Å²) in [5.41, 5.74) is 3.23. The summed E-state index contributed by atoms with van der Waals surface area (Å²) in [6.45, 7) is 5.44. The highest BCUT2D eigenvalue weighted by atomic mass is 35.5. The van der Waals surface area contributed by atoms with Crippen LogP contribution >= 0.6 is 23.2 Å². The summed E-state index contributed by atoms with van der Waals surface area (Å²) in [6.07, 6.45) is 0.0971. The number of halogens is 2. The molecule has 0 saturated heterocycles. The molecule has 3 aromatic carbocycles. The van der Waals surface area contributed by atoms with E-state index in [4.69, 9.17) is 27.9 Å². The van der Waals surface area contributed by atoms with Gasteiger partial charge in [-0.3, -0.25) is 14.5 Å². The molecule has 0 spiro atoms. The van der Waals surface area contributed by atoms with Crippen molar-refractivity contribution >= 4 is 40.7 Å². The van der Waals surface area contributed by atoms with Crippen molar-refractivity contribution in [3.8, 4) is 5.75 Å². The van der Waals surface area contributed by atoms with Gasteiger partial charge in [0.1, 0.15) is 11.9 Å². The normalized spacial score (nSPS) is 18.1. The number of amides is 2. The summed E-state index contributed by atoms with van der Waals surface area (Å²) in [5, 5.41) is 13.9. The van der Waals surface area contributed by atoms with E-state index < -0.39 is 0 Å². The van der Waals surface area contributed by atoms with E-state index >= 15 is 0 Å². The molecule has 9 heteroatoms. The zero-order valence-corrected chi connectivity index (χ0v) is 25.2. The van der Waals surface area contributed by atoms with Gasteiger partial charge in [0.25, 0.3) is 0 Å². The fourth-order valence-corrected chi connectivity index (χ4v) is 5.35. The van der Waals surface area contributed by atoms with Crippen LogP contribution in [-0.2, 0) is 29.0 Å². The van der Waals surface area contributed by atoms with Crippen LogP contribution in [0.15, 0.2) is 66.7 Å². The van der Waals surface area contributed by atoms with Gasteiger partial charge >= 0.3 is 0 Å². The van der Waals surface area contributed by atoms with Crippen LogP contribution < -0.4 is 10.1 Å². The van der Waals surface area contributed by atoms with Gasteiger partial charge in [0, 0.05) is 36.8 Å². The Bertz CT molecular complexity index is 1350. The number of anilines is 1. The first kappa shape index (κ1) is 30.8. The fourth-order valence-electron chi connectivity index (χ4n) is 5.03. The SMILES string of the molecule is C[C@H]1CN([C@@H](C)CO)C(=O)Cc2cc(NC(=O)Cc3ccccc3)ccc2O[C@@H]1CN(C)Cc1ccc(Cl)c(Cl)c1. The van der Waals surface area contributed by atoms with E-state index in [9.17, 15) is 14.7 Å². The number of nitrogens with one attached hydrogen (secondary N) is 1. The minimum absolute atomic E-state index is 0.0274. The number of aliphatic hydroxyl groups excluding tert-OH is 1. The first-order valence-electron chi connectivity index (χ1n) is 13.8. The molecule has 0 aliphatic carbocycles. The summed E-state index contributed by atoms with van der Waals surface area (Å²) < 4.78 is 6.60. The Balaban J connectivity index is 1.56. The summed E-state index contributed by atoms with van der Waals surface area (Å²) in [6, 6.07) is 20.2. The lowest BCUT2D eigenvalue weighted by Gasteiger charge is -2.34. The van der Waals surface area contributed by atoms with Crippen LogP contribution in [-0.4, -0.2) is 65.6 Å². The van der Waals surface area contributed by atoms with Crippen LogP contribution in [0.5, 0.6) is 5.75 Å². The monoisotopic (exact) mass is 597 g/mol. The third kappa shape index (κ3) is 8.46. The van der Waals surface area contributed by atoms with Gasteiger partial charge in [-0.1, -0.05) is 66.5 Å². The zero-order valence-electron chi connectivity index (χ0n) is 23.6. The number of carbonyl (C=O) groups is 2. The predicted molar refractivity (Wildman–Crippen MR) is 164 cm³/mol. The van der Waals surface area contributed by atoms with Gasteiger partial charge in [-0.25, -0.2) is 0 Å². The van der Waals surface area contributed by atoms with Gasteiger partial charge < -0.3 is 20.1 Å². The minimum atomic E-state index is -0.338. The van der Waals surface area contributed by atoms with Crippen LogP contribution in [0.3, 0.4) is 0 Å². The average Bonchev–Trinajstić information content (AvgIpc) is 2.98. The number of hydrogen-bond acceptors (Lipinski definition) is 5. The molecule has 0 bridgehead atoms. The maximum atomic E-state index is 13.5. The summed E-state index contributed by atoms with van der Waals surface area (Å²) in [5.74, 6) is 0.344. The van der Waals surface area contributed by atoms with Crippen molar-refractivity contribution in [2.45, 2.75) is 45.4 Å². The first-order valence-corrected chi connectivity index (χ1v) is 14.5. The number of nitrogens with zero attached hydrogens (tertiary/aromatic N) is 2. The number of aliphatic hydroxyl groups is 1. The number of likely N-dealkylation sites (N-methyl/N-ethyl adjacent to an activating group) is 1. The van der Waals surface area contributed by atoms with Crippen molar-refractivity contribution in [1.29, 1.82) is 0 Å². The highest BCUT2D eigenvalue weighted by molar-refractivity contribution is 6.42. The lowest BCUT2D eigenvalue weighted by molar-refractivity contribution is -0.134. The van der Waals surface area contributed by atoms with Crippen molar-refractivity contribution < 1.29 is 19.4 Å². The number of carbonyl (C=O) groups excluding carboxylic acids is 2. The van der Waals surface area contributed by atoms with Crippen LogP contribution in [0.2, 0.25) is 10.0 Å². The summed E-state index contributed by atoms with van der Waals surface area (Å²) >= 11 is 12.3. The van der Waals surface area contributed by atoms with Crippen LogP contribution in [0.25, 0.3) is 0 Å². The average molecular weight is 599 g/mol. The third-order valence-electron chi connectivity index (χ3n) is 7.34. The van der Waals surface area contributed by atoms with Crippen molar-refractivity contribution in [2.75, 3.05) is 32.1 Å². The van der Waals surface area contributed by atoms with Gasteiger partial charge in [0.2, 0.25) is 11.8 Å². The number of benzene rings is 3. The highest BCUT2D eigenvalue weighted by Gasteiger charge is 2.31. The van der Waals surface area contributed by atoms with Crippen molar-refractivity contribution in [2.24, 2.45) is 5.92 Å². The van der Waals surface area contributed by atoms with E-state index in [-0.39, 0.29) is 49.3 Å². The van der Waals surface area contributed by atoms with Gasteiger partial charge in [-0.2, -0.15) is 0 Å². The fraction of sp³-hybridized carbons (Fsp3) is 0.375. The van der Waals surface area contributed by atoms with Gasteiger partial charge in [-0.15, -0.1) is 0 Å². The number of ether oxygens (including phenoxy) is 1. The summed E-state index contributed by atoms with van der Waals surface area (Å²) in [4.78, 5) is 30.1. The smallest absolute Gasteiger partial charge is 0.228 e. The Morgan fingerprint density at radius 3 is 2.56 bits per heavy atom. The Labute approximate surface area is 252 Å². The predicted octanol–water partition coefficient (Wildman–Crippen LogP) is 5.46. The first-order chi connectivity index (χ1) is 19.6. The molecule has 1 heterocycles. The number of hydrogen-bond donors (Lipinski definition) is 2. The maximum absolute atomic E-state index is 13.5. The lowest BCUT2D eigenvalue weighted by atomic mass is 10.0. The van der Waals surface area contributed by atoms with Gasteiger partial charge in [0.05, 0.1) is 35.5 Å². The Morgan fingerprint density at radius 2 is 1.85 bits per heavy atom. The Morgan fingerprint density at radius 1 is 1.10 bits per heavy atom. The lowest BCUT2D eigenvalue weighted by Crippen LogP contribution is -2.47. The van der Waals surface area contributed by atoms with Crippen LogP contribution in [0.4, 0.5) is 5.69 Å². The topological polar surface area (TPSA) is 82.1 Å². The van der Waals surface area contributed by atoms with E-state index in [1.54, 1.807) is 17.0 Å². The van der Waals surface area contributed by atoms with E-state index in [2.05, 4.69) is 17.1 Å². The quantitative estimate of drug-likeness (QED) is 0.342. The third-order valence-corrected chi connectivity index (χ3v) is 8.07. The molecule has 41 heavy (non-hydrogen) atoms. The largest absolute Gasteiger partial charge is 0.488 e. The highest BCUT2D eigenvalue weighted by Crippen LogP contribution is 2.30. The number of fused-ring (bicyclic) bond motifs is 1. The molecule has 0 fully saturated rings. The second-order valence-electron chi connectivity index (χ2n) is 10.9. The Kier molecular flexibility index (Phi) is 10.7. The molecule has 7 nitrogen and oxygen atoms in total. The maximum Gasteiger partial charge on any atom is 0.228 e. The summed E-state index contributed by atoms with van der Waals surface area (Å²) in [7, 11) is 2.01. The molecule has 4 rings (SSSR count). The van der Waals surface area contributed by atoms with E-state index in [1.807, 2.05) is 68.6 Å². The Hall–Kier alpha value is -3.10. The molecule has 2 N–H and O–H groups in total. The molecule has 1 aliphatic rings. The molecule has 3 aromatic rings. The van der Waals surface area contributed by atoms with E-state index in [1.165, 1.54) is 0 Å². The molecule has 0 saturated carbocycles. The number of rotatable bonds is 9. The van der Waals surface area contributed by atoms with E-state index in [0.717, 1.165) is 11.1 Å². The van der Waals surface area contributed by atoms with E-state index in [0.29, 0.717) is 46.7 Å². The second kappa shape index (κ2) is 14.2. The molecule has 0 aromatic heterocycles. The minimum Gasteiger partial charge on any atom is -0.488 e. The standard InChI is InChI=1S/C32H37Cl2N3O4/c1-21-17-37(22(2)20-38)32(40)16-25-15-26(35-31(39)14-23-7-5-4-6-8-23)10-12-29(25)41-30(21)19-36(3)18-24-9-11-27(33)28(34)13-24/h4-13,15,21-22,30,38H,14,16-20H2,1-3H3,(H,35,39)/t21-,22-,30+/m0/s1. The molecule has 1 aliphatic heterocycles. The van der Waals surface area contributed by atoms with Gasteiger partial charge in [-0.05, 0) is 55.4 Å². The van der Waals surface area contributed by atoms with Crippen molar-refractivity contribution in [3.05, 3.63) is 93.5 Å². The van der Waals surface area contributed by atoms with Crippen molar-refractivity contribution in [3.63, 3.8) is 0 Å². The van der Waals surface area contributed by atoms with Crippen LogP contribution in [0.1, 0.15) is 30.5 Å². The molecular weight excluding hydrogens is 561 g/mol. The zero-order chi connectivity index (χ0) is 29.5.